The lowest BCUT2D eigenvalue weighted by molar-refractivity contribution is 0.102. The number of rotatable bonds is 4. The molecule has 24 heavy (non-hydrogen) atoms. The number of nitrogens with one attached hydrogen (secondary N) is 2. The monoisotopic (exact) mass is 327 g/mol. The first-order valence-electron chi connectivity index (χ1n) is 6.95. The Kier molecular flexibility index (Phi) is 4.06. The first-order valence-corrected chi connectivity index (χ1v) is 6.95. The van der Waals surface area contributed by atoms with Gasteiger partial charge in [0, 0.05) is 24.5 Å². The van der Waals surface area contributed by atoms with Crippen LogP contribution in [-0.2, 0) is 0 Å². The highest BCUT2D eigenvalue weighted by Crippen LogP contribution is 2.12. The Morgan fingerprint density at radius 2 is 1.29 bits per heavy atom. The smallest absolute Gasteiger partial charge is 0.258 e. The Hall–Kier alpha value is -3.49. The number of carbonyl (C=O) groups is 2. The summed E-state index contributed by atoms with van der Waals surface area (Å²) in [6.07, 6.45) is 2.69. The maximum atomic E-state index is 12.2. The standard InChI is InChI=1S/C15H13N5O4/c1-8-3-12(19-23-8)17-14(21)10-5-11(7-16-6-10)15(22)18-13-4-9(2)24-20-13/h3-7H,1-2H3,(H,17,19,21)(H,18,20,22). The molecule has 2 amide bonds. The fourth-order valence-corrected chi connectivity index (χ4v) is 1.92. The van der Waals surface area contributed by atoms with Gasteiger partial charge in [-0.1, -0.05) is 10.3 Å². The number of anilines is 2. The molecule has 0 unspecified atom stereocenters. The van der Waals surface area contributed by atoms with E-state index in [4.69, 9.17) is 9.05 Å². The zero-order valence-electron chi connectivity index (χ0n) is 12.9. The molecule has 2 N–H and O–H groups in total. The molecule has 0 saturated heterocycles. The van der Waals surface area contributed by atoms with Gasteiger partial charge in [0.2, 0.25) is 0 Å². The Morgan fingerprint density at radius 1 is 0.833 bits per heavy atom. The summed E-state index contributed by atoms with van der Waals surface area (Å²) >= 11 is 0. The summed E-state index contributed by atoms with van der Waals surface area (Å²) in [6, 6.07) is 4.57. The van der Waals surface area contributed by atoms with Crippen molar-refractivity contribution in [2.75, 3.05) is 10.6 Å². The van der Waals surface area contributed by atoms with E-state index in [-0.39, 0.29) is 22.8 Å². The molecule has 0 aliphatic rings. The third-order valence-electron chi connectivity index (χ3n) is 3.00. The molecule has 9 heteroatoms. The van der Waals surface area contributed by atoms with E-state index in [1.165, 1.54) is 18.5 Å². The lowest BCUT2D eigenvalue weighted by Crippen LogP contribution is -2.16. The second-order valence-electron chi connectivity index (χ2n) is 5.02. The fraction of sp³-hybridized carbons (Fsp3) is 0.133. The quantitative estimate of drug-likeness (QED) is 0.752. The van der Waals surface area contributed by atoms with E-state index in [1.807, 2.05) is 0 Å². The van der Waals surface area contributed by atoms with Gasteiger partial charge in [-0.2, -0.15) is 0 Å². The van der Waals surface area contributed by atoms with Gasteiger partial charge in [-0.15, -0.1) is 0 Å². The molecule has 0 saturated carbocycles. The lowest BCUT2D eigenvalue weighted by atomic mass is 10.2. The lowest BCUT2D eigenvalue weighted by Gasteiger charge is -2.04. The molecule has 0 spiro atoms. The minimum absolute atomic E-state index is 0.208. The molecule has 3 rings (SSSR count). The second kappa shape index (κ2) is 6.32. The van der Waals surface area contributed by atoms with Crippen LogP contribution in [0.15, 0.2) is 39.6 Å². The van der Waals surface area contributed by atoms with E-state index in [0.29, 0.717) is 11.5 Å². The molecule has 122 valence electrons. The first kappa shape index (κ1) is 15.4. The molecular weight excluding hydrogens is 314 g/mol. The molecule has 0 aromatic carbocycles. The SMILES string of the molecule is Cc1cc(NC(=O)c2cncc(C(=O)Nc3cc(C)on3)c2)no1. The van der Waals surface area contributed by atoms with E-state index < -0.39 is 11.8 Å². The van der Waals surface area contributed by atoms with Gasteiger partial charge >= 0.3 is 0 Å². The molecule has 9 nitrogen and oxygen atoms in total. The third kappa shape index (κ3) is 3.46. The van der Waals surface area contributed by atoms with Crippen LogP contribution in [0.25, 0.3) is 0 Å². The average Bonchev–Trinajstić information content (AvgIpc) is 3.15. The van der Waals surface area contributed by atoms with Crippen LogP contribution in [0.2, 0.25) is 0 Å². The number of aryl methyl sites for hydroxylation is 2. The van der Waals surface area contributed by atoms with Gasteiger partial charge in [-0.25, -0.2) is 0 Å². The number of carbonyl (C=O) groups excluding carboxylic acids is 2. The number of aromatic nitrogens is 3. The highest BCUT2D eigenvalue weighted by atomic mass is 16.5. The summed E-state index contributed by atoms with van der Waals surface area (Å²) in [7, 11) is 0. The van der Waals surface area contributed by atoms with Crippen molar-refractivity contribution in [3.63, 3.8) is 0 Å². The topological polar surface area (TPSA) is 123 Å². The van der Waals surface area contributed by atoms with Crippen LogP contribution in [0.3, 0.4) is 0 Å². The van der Waals surface area contributed by atoms with Crippen molar-refractivity contribution in [1.82, 2.24) is 15.3 Å². The van der Waals surface area contributed by atoms with E-state index in [2.05, 4.69) is 25.9 Å². The van der Waals surface area contributed by atoms with Crippen molar-refractivity contribution in [1.29, 1.82) is 0 Å². The van der Waals surface area contributed by atoms with Crippen molar-refractivity contribution >= 4 is 23.5 Å². The van der Waals surface area contributed by atoms with E-state index >= 15 is 0 Å². The molecule has 0 atom stereocenters. The van der Waals surface area contributed by atoms with E-state index in [9.17, 15) is 9.59 Å². The van der Waals surface area contributed by atoms with Gasteiger partial charge in [0.1, 0.15) is 11.5 Å². The summed E-state index contributed by atoms with van der Waals surface area (Å²) < 4.78 is 9.74. The van der Waals surface area contributed by atoms with Crippen LogP contribution < -0.4 is 10.6 Å². The summed E-state index contributed by atoms with van der Waals surface area (Å²) in [5, 5.41) is 12.5. The highest BCUT2D eigenvalue weighted by Gasteiger charge is 2.14. The van der Waals surface area contributed by atoms with Crippen LogP contribution in [0.1, 0.15) is 32.2 Å². The summed E-state index contributed by atoms with van der Waals surface area (Å²) in [4.78, 5) is 28.2. The molecule has 3 aromatic heterocycles. The van der Waals surface area contributed by atoms with Crippen LogP contribution >= 0.6 is 0 Å². The van der Waals surface area contributed by atoms with Crippen LogP contribution in [0.5, 0.6) is 0 Å². The molecule has 0 radical (unpaired) electrons. The molecule has 0 fully saturated rings. The van der Waals surface area contributed by atoms with Crippen LogP contribution in [0, 0.1) is 13.8 Å². The normalized spacial score (nSPS) is 10.4. The zero-order valence-corrected chi connectivity index (χ0v) is 12.9. The number of pyridine rings is 1. The Morgan fingerprint density at radius 3 is 1.67 bits per heavy atom. The maximum Gasteiger partial charge on any atom is 0.258 e. The molecule has 3 aromatic rings. The maximum absolute atomic E-state index is 12.2. The van der Waals surface area contributed by atoms with Crippen molar-refractivity contribution in [2.45, 2.75) is 13.8 Å². The highest BCUT2D eigenvalue weighted by molar-refractivity contribution is 6.07. The minimum atomic E-state index is -0.456. The fourth-order valence-electron chi connectivity index (χ4n) is 1.92. The van der Waals surface area contributed by atoms with Gasteiger partial charge in [0.15, 0.2) is 11.6 Å². The van der Waals surface area contributed by atoms with Crippen LogP contribution in [0.4, 0.5) is 11.6 Å². The van der Waals surface area contributed by atoms with Gasteiger partial charge in [-0.05, 0) is 19.9 Å². The van der Waals surface area contributed by atoms with Crippen molar-refractivity contribution in [2.24, 2.45) is 0 Å². The summed E-state index contributed by atoms with van der Waals surface area (Å²) in [6.45, 7) is 3.42. The predicted octanol–water partition coefficient (Wildman–Crippen LogP) is 2.18. The molecule has 0 aliphatic heterocycles. The summed E-state index contributed by atoms with van der Waals surface area (Å²) in [5.74, 6) is 0.792. The molecular formula is C15H13N5O4. The largest absolute Gasteiger partial charge is 0.360 e. The second-order valence-corrected chi connectivity index (χ2v) is 5.02. The Bertz CT molecular complexity index is 829. The Labute approximate surface area is 136 Å². The minimum Gasteiger partial charge on any atom is -0.360 e. The average molecular weight is 327 g/mol. The van der Waals surface area contributed by atoms with E-state index in [1.54, 1.807) is 26.0 Å². The number of hydrogen-bond acceptors (Lipinski definition) is 7. The van der Waals surface area contributed by atoms with Gasteiger partial charge in [0.25, 0.3) is 11.8 Å². The molecule has 0 bridgehead atoms. The molecule has 0 aliphatic carbocycles. The number of nitrogens with zero attached hydrogens (tertiary/aromatic N) is 3. The molecule has 3 heterocycles. The van der Waals surface area contributed by atoms with E-state index in [0.717, 1.165) is 0 Å². The van der Waals surface area contributed by atoms with Gasteiger partial charge in [0.05, 0.1) is 11.1 Å². The predicted molar refractivity (Wildman–Crippen MR) is 82.6 cm³/mol. The summed E-state index contributed by atoms with van der Waals surface area (Å²) in [5.41, 5.74) is 0.416. The van der Waals surface area contributed by atoms with Gasteiger partial charge < -0.3 is 19.7 Å². The zero-order chi connectivity index (χ0) is 17.1. The van der Waals surface area contributed by atoms with Gasteiger partial charge in [-0.3, -0.25) is 14.6 Å². The van der Waals surface area contributed by atoms with Crippen LogP contribution in [-0.4, -0.2) is 27.1 Å². The van der Waals surface area contributed by atoms with Crippen molar-refractivity contribution < 1.29 is 18.6 Å². The first-order chi connectivity index (χ1) is 11.5. The third-order valence-corrected chi connectivity index (χ3v) is 3.00. The number of amides is 2. The van der Waals surface area contributed by atoms with Crippen molar-refractivity contribution in [3.05, 3.63) is 53.2 Å². The number of hydrogen-bond donors (Lipinski definition) is 2. The Balaban J connectivity index is 1.73. The van der Waals surface area contributed by atoms with Crippen molar-refractivity contribution in [3.8, 4) is 0 Å².